The summed E-state index contributed by atoms with van der Waals surface area (Å²) in [7, 11) is 1.70. The van der Waals surface area contributed by atoms with Gasteiger partial charge in [0.15, 0.2) is 11.6 Å². The van der Waals surface area contributed by atoms with Gasteiger partial charge in [-0.15, -0.1) is 0 Å². The summed E-state index contributed by atoms with van der Waals surface area (Å²) >= 11 is 0. The maximum Gasteiger partial charge on any atom is 0.254 e. The van der Waals surface area contributed by atoms with Crippen LogP contribution >= 0.6 is 0 Å². The lowest BCUT2D eigenvalue weighted by molar-refractivity contribution is 0.240. The molecule has 0 amide bonds. The molecular weight excluding hydrogens is 342 g/mol. The smallest absolute Gasteiger partial charge is 0.254 e. The largest absolute Gasteiger partial charge is 0.496 e. The van der Waals surface area contributed by atoms with Gasteiger partial charge in [-0.25, -0.2) is 4.98 Å². The van der Waals surface area contributed by atoms with Crippen molar-refractivity contribution >= 4 is 0 Å². The molecule has 6 heteroatoms. The molecule has 1 N–H and O–H groups in total. The Morgan fingerprint density at radius 3 is 2.89 bits per heavy atom. The molecule has 0 fully saturated rings. The summed E-state index contributed by atoms with van der Waals surface area (Å²) in [5.41, 5.74) is 5.16. The molecule has 140 valence electrons. The summed E-state index contributed by atoms with van der Waals surface area (Å²) in [5, 5.41) is 0. The molecule has 27 heavy (non-hydrogen) atoms. The molecule has 0 unspecified atom stereocenters. The van der Waals surface area contributed by atoms with E-state index in [4.69, 9.17) is 9.15 Å². The van der Waals surface area contributed by atoms with Gasteiger partial charge in [0.1, 0.15) is 5.75 Å². The summed E-state index contributed by atoms with van der Waals surface area (Å²) in [4.78, 5) is 22.3. The number of methoxy groups -OCH3 is 1. The second-order valence-electron chi connectivity index (χ2n) is 7.03. The van der Waals surface area contributed by atoms with E-state index >= 15 is 0 Å². The van der Waals surface area contributed by atoms with Gasteiger partial charge >= 0.3 is 0 Å². The normalized spacial score (nSPS) is 14.2. The van der Waals surface area contributed by atoms with Crippen LogP contribution < -0.4 is 10.3 Å². The number of aromatic amines is 1. The highest BCUT2D eigenvalue weighted by Crippen LogP contribution is 2.25. The van der Waals surface area contributed by atoms with Crippen LogP contribution in [0.15, 0.2) is 39.7 Å². The van der Waals surface area contributed by atoms with Crippen LogP contribution in [-0.4, -0.2) is 28.5 Å². The Labute approximate surface area is 157 Å². The van der Waals surface area contributed by atoms with Crippen LogP contribution in [0.2, 0.25) is 0 Å². The molecule has 4 rings (SSSR count). The van der Waals surface area contributed by atoms with Gasteiger partial charge in [-0.2, -0.15) is 0 Å². The van der Waals surface area contributed by atoms with Gasteiger partial charge in [0, 0.05) is 25.2 Å². The fourth-order valence-electron chi connectivity index (χ4n) is 3.64. The average Bonchev–Trinajstić information content (AvgIpc) is 3.19. The van der Waals surface area contributed by atoms with Crippen LogP contribution in [0.5, 0.6) is 5.75 Å². The highest BCUT2D eigenvalue weighted by molar-refractivity contribution is 5.47. The van der Waals surface area contributed by atoms with Crippen LogP contribution in [0.3, 0.4) is 0 Å². The number of nitrogens with zero attached hydrogens (tertiary/aromatic N) is 2. The maximum atomic E-state index is 12.4. The van der Waals surface area contributed by atoms with Crippen LogP contribution in [0.1, 0.15) is 27.9 Å². The van der Waals surface area contributed by atoms with Crippen LogP contribution in [0, 0.1) is 13.8 Å². The summed E-state index contributed by atoms with van der Waals surface area (Å²) < 4.78 is 10.8. The molecule has 0 saturated heterocycles. The zero-order chi connectivity index (χ0) is 19.0. The molecular formula is C21H23N3O3. The first-order valence-corrected chi connectivity index (χ1v) is 9.07. The highest BCUT2D eigenvalue weighted by Gasteiger charge is 2.22. The topological polar surface area (TPSA) is 71.4 Å². The van der Waals surface area contributed by atoms with E-state index in [1.165, 1.54) is 11.1 Å². The quantitative estimate of drug-likeness (QED) is 0.769. The minimum atomic E-state index is -0.0671. The molecule has 1 aliphatic rings. The molecule has 1 aromatic carbocycles. The third-order valence-corrected chi connectivity index (χ3v) is 5.15. The Morgan fingerprint density at radius 2 is 2.15 bits per heavy atom. The van der Waals surface area contributed by atoms with Crippen molar-refractivity contribution < 1.29 is 9.15 Å². The van der Waals surface area contributed by atoms with Gasteiger partial charge in [0.05, 0.1) is 19.1 Å². The number of ether oxygens (including phenoxy) is 1. The first kappa shape index (κ1) is 17.5. The van der Waals surface area contributed by atoms with E-state index in [1.54, 1.807) is 25.5 Å². The van der Waals surface area contributed by atoms with Crippen LogP contribution in [0.4, 0.5) is 0 Å². The Bertz CT molecular complexity index is 1020. The van der Waals surface area contributed by atoms with E-state index in [-0.39, 0.29) is 5.56 Å². The molecule has 3 aromatic rings. The monoisotopic (exact) mass is 365 g/mol. The Hall–Kier alpha value is -2.86. The lowest BCUT2D eigenvalue weighted by Gasteiger charge is -2.28. The molecule has 0 atom stereocenters. The zero-order valence-corrected chi connectivity index (χ0v) is 15.8. The Morgan fingerprint density at radius 1 is 1.30 bits per heavy atom. The van der Waals surface area contributed by atoms with Crippen molar-refractivity contribution in [2.24, 2.45) is 0 Å². The van der Waals surface area contributed by atoms with Gasteiger partial charge in [-0.1, -0.05) is 6.07 Å². The Balaban J connectivity index is 1.60. The molecule has 6 nitrogen and oxygen atoms in total. The molecule has 0 aliphatic carbocycles. The number of fused-ring (bicyclic) bond motifs is 1. The van der Waals surface area contributed by atoms with E-state index in [2.05, 4.69) is 40.8 Å². The predicted molar refractivity (Wildman–Crippen MR) is 103 cm³/mol. The van der Waals surface area contributed by atoms with Crippen molar-refractivity contribution in [1.29, 1.82) is 0 Å². The molecule has 1 aliphatic heterocycles. The highest BCUT2D eigenvalue weighted by atomic mass is 16.5. The number of hydrogen-bond donors (Lipinski definition) is 1. The SMILES string of the molecule is COc1cc(C)c(CN2CCc3c(nc(-c4ccco4)[nH]c3=O)C2)cc1C. The third-order valence-electron chi connectivity index (χ3n) is 5.15. The number of benzene rings is 1. The molecule has 0 saturated carbocycles. The van der Waals surface area contributed by atoms with E-state index in [0.29, 0.717) is 24.6 Å². The molecule has 0 bridgehead atoms. The van der Waals surface area contributed by atoms with Crippen molar-refractivity contribution in [2.75, 3.05) is 13.7 Å². The standard InChI is InChI=1S/C21H23N3O3/c1-13-10-19(26-3)14(2)9-15(13)11-24-7-6-16-17(12-24)22-20(23-21(16)25)18-5-4-8-27-18/h4-5,8-10H,6-7,11-12H2,1-3H3,(H,22,23,25). The maximum absolute atomic E-state index is 12.4. The number of nitrogens with one attached hydrogen (secondary N) is 1. The zero-order valence-electron chi connectivity index (χ0n) is 15.8. The first-order valence-electron chi connectivity index (χ1n) is 9.07. The number of furan rings is 1. The molecule has 3 heterocycles. The van der Waals surface area contributed by atoms with Crippen molar-refractivity contribution in [3.63, 3.8) is 0 Å². The van der Waals surface area contributed by atoms with Crippen LogP contribution in [-0.2, 0) is 19.5 Å². The number of aromatic nitrogens is 2. The van der Waals surface area contributed by atoms with Gasteiger partial charge in [-0.3, -0.25) is 9.69 Å². The summed E-state index contributed by atoms with van der Waals surface area (Å²) in [6.07, 6.45) is 2.28. The lowest BCUT2D eigenvalue weighted by atomic mass is 10.0. The fourth-order valence-corrected chi connectivity index (χ4v) is 3.64. The second kappa shape index (κ2) is 7.04. The Kier molecular flexibility index (Phi) is 4.58. The van der Waals surface area contributed by atoms with E-state index < -0.39 is 0 Å². The summed E-state index contributed by atoms with van der Waals surface area (Å²) in [5.74, 6) is 1.98. The number of hydrogen-bond acceptors (Lipinski definition) is 5. The number of aryl methyl sites for hydroxylation is 2. The summed E-state index contributed by atoms with van der Waals surface area (Å²) in [6.45, 7) is 6.47. The minimum absolute atomic E-state index is 0.0671. The van der Waals surface area contributed by atoms with Crippen molar-refractivity contribution in [3.05, 3.63) is 68.8 Å². The average molecular weight is 365 g/mol. The number of H-pyrrole nitrogens is 1. The predicted octanol–water partition coefficient (Wildman–Crippen LogP) is 3.21. The molecule has 0 radical (unpaired) electrons. The lowest BCUT2D eigenvalue weighted by Crippen LogP contribution is -2.35. The first-order chi connectivity index (χ1) is 13.0. The van der Waals surface area contributed by atoms with Gasteiger partial charge in [0.2, 0.25) is 0 Å². The molecule has 0 spiro atoms. The summed E-state index contributed by atoms with van der Waals surface area (Å²) in [6, 6.07) is 7.86. The fraction of sp³-hybridized carbons (Fsp3) is 0.333. The van der Waals surface area contributed by atoms with Crippen molar-refractivity contribution in [2.45, 2.75) is 33.4 Å². The van der Waals surface area contributed by atoms with Gasteiger partial charge < -0.3 is 14.1 Å². The molecule has 2 aromatic heterocycles. The van der Waals surface area contributed by atoms with E-state index in [9.17, 15) is 4.79 Å². The van der Waals surface area contributed by atoms with E-state index in [0.717, 1.165) is 35.7 Å². The number of rotatable bonds is 4. The van der Waals surface area contributed by atoms with Crippen LogP contribution in [0.25, 0.3) is 11.6 Å². The second-order valence-corrected chi connectivity index (χ2v) is 7.03. The van der Waals surface area contributed by atoms with Gasteiger partial charge in [-0.05, 0) is 55.2 Å². The van der Waals surface area contributed by atoms with Crippen molar-refractivity contribution in [1.82, 2.24) is 14.9 Å². The minimum Gasteiger partial charge on any atom is -0.496 e. The van der Waals surface area contributed by atoms with E-state index in [1.807, 2.05) is 0 Å². The van der Waals surface area contributed by atoms with Crippen molar-refractivity contribution in [3.8, 4) is 17.3 Å². The third kappa shape index (κ3) is 3.40. The van der Waals surface area contributed by atoms with Gasteiger partial charge in [0.25, 0.3) is 5.56 Å².